The fourth-order valence-electron chi connectivity index (χ4n) is 2.26. The second-order valence-electron chi connectivity index (χ2n) is 6.28. The molecule has 24 heavy (non-hydrogen) atoms. The predicted molar refractivity (Wildman–Crippen MR) is 96.1 cm³/mol. The van der Waals surface area contributed by atoms with Crippen LogP contribution in [0.3, 0.4) is 0 Å². The van der Waals surface area contributed by atoms with E-state index < -0.39 is 17.9 Å². The van der Waals surface area contributed by atoms with Crippen LogP contribution in [0.1, 0.15) is 44.7 Å². The summed E-state index contributed by atoms with van der Waals surface area (Å²) in [7, 11) is 0. The molecule has 1 unspecified atom stereocenters. The minimum Gasteiger partial charge on any atom is -0.480 e. The van der Waals surface area contributed by atoms with E-state index in [1.54, 1.807) is 6.92 Å². The SMILES string of the molecule is CC(=O)N[C@H](CSC(=O)C(C)c1ccc(CC(C)C)cc1)C(=O)O. The summed E-state index contributed by atoms with van der Waals surface area (Å²) in [4.78, 5) is 34.3. The largest absolute Gasteiger partial charge is 0.480 e. The first kappa shape index (κ1) is 20.2. The lowest BCUT2D eigenvalue weighted by Gasteiger charge is -2.15. The molecule has 0 aliphatic carbocycles. The maximum atomic E-state index is 12.3. The summed E-state index contributed by atoms with van der Waals surface area (Å²) >= 11 is 0.938. The van der Waals surface area contributed by atoms with Gasteiger partial charge in [-0.25, -0.2) is 4.79 Å². The number of nitrogens with one attached hydrogen (secondary N) is 1. The van der Waals surface area contributed by atoms with Crippen LogP contribution in [-0.2, 0) is 20.8 Å². The number of carboxylic acids is 1. The maximum absolute atomic E-state index is 12.3. The van der Waals surface area contributed by atoms with Crippen LogP contribution in [0.25, 0.3) is 0 Å². The highest BCUT2D eigenvalue weighted by Crippen LogP contribution is 2.23. The number of carbonyl (C=O) groups is 3. The van der Waals surface area contributed by atoms with Crippen LogP contribution < -0.4 is 5.32 Å². The van der Waals surface area contributed by atoms with Crippen molar-refractivity contribution in [3.05, 3.63) is 35.4 Å². The third-order valence-electron chi connectivity index (χ3n) is 3.55. The van der Waals surface area contributed by atoms with Gasteiger partial charge in [-0.15, -0.1) is 0 Å². The molecule has 1 aromatic rings. The first-order chi connectivity index (χ1) is 11.2. The van der Waals surface area contributed by atoms with Crippen molar-refractivity contribution in [1.82, 2.24) is 5.32 Å². The third-order valence-corrected chi connectivity index (χ3v) is 4.68. The maximum Gasteiger partial charge on any atom is 0.327 e. The molecule has 132 valence electrons. The summed E-state index contributed by atoms with van der Waals surface area (Å²) in [6, 6.07) is 6.90. The van der Waals surface area contributed by atoms with Crippen molar-refractivity contribution in [3.8, 4) is 0 Å². The lowest BCUT2D eigenvalue weighted by atomic mass is 9.97. The van der Waals surface area contributed by atoms with E-state index >= 15 is 0 Å². The van der Waals surface area contributed by atoms with Crippen LogP contribution in [0.5, 0.6) is 0 Å². The van der Waals surface area contributed by atoms with E-state index in [9.17, 15) is 14.4 Å². The molecule has 0 radical (unpaired) electrons. The van der Waals surface area contributed by atoms with Crippen molar-refractivity contribution in [2.75, 3.05) is 5.75 Å². The Kier molecular flexibility index (Phi) is 7.98. The summed E-state index contributed by atoms with van der Waals surface area (Å²) in [6.07, 6.45) is 0.994. The normalized spacial score (nSPS) is 13.4. The van der Waals surface area contributed by atoms with Gasteiger partial charge in [-0.3, -0.25) is 9.59 Å². The van der Waals surface area contributed by atoms with Gasteiger partial charge >= 0.3 is 5.97 Å². The van der Waals surface area contributed by atoms with Gasteiger partial charge in [-0.05, 0) is 23.5 Å². The number of benzene rings is 1. The summed E-state index contributed by atoms with van der Waals surface area (Å²) < 4.78 is 0. The van der Waals surface area contributed by atoms with Crippen LogP contribution in [0.15, 0.2) is 24.3 Å². The molecule has 0 aliphatic rings. The standard InChI is InChI=1S/C18H25NO4S/c1-11(2)9-14-5-7-15(8-6-14)12(3)18(23)24-10-16(17(21)22)19-13(4)20/h5-8,11-12,16H,9-10H2,1-4H3,(H,19,20)(H,21,22)/t12?,16-/m1/s1. The van der Waals surface area contributed by atoms with Crippen LogP contribution in [0.2, 0.25) is 0 Å². The molecule has 0 spiro atoms. The Morgan fingerprint density at radius 2 is 1.71 bits per heavy atom. The summed E-state index contributed by atoms with van der Waals surface area (Å²) in [5.74, 6) is -1.30. The molecule has 5 nitrogen and oxygen atoms in total. The van der Waals surface area contributed by atoms with Crippen molar-refractivity contribution in [1.29, 1.82) is 0 Å². The number of carbonyl (C=O) groups excluding carboxylic acids is 2. The van der Waals surface area contributed by atoms with E-state index in [0.29, 0.717) is 5.92 Å². The smallest absolute Gasteiger partial charge is 0.327 e. The van der Waals surface area contributed by atoms with Crippen molar-refractivity contribution >= 4 is 28.8 Å². The molecule has 0 saturated carbocycles. The van der Waals surface area contributed by atoms with Crippen LogP contribution in [0, 0.1) is 5.92 Å². The van der Waals surface area contributed by atoms with Gasteiger partial charge in [0.1, 0.15) is 6.04 Å². The van der Waals surface area contributed by atoms with Crippen LogP contribution in [0.4, 0.5) is 0 Å². The molecular formula is C18H25NO4S. The lowest BCUT2D eigenvalue weighted by Crippen LogP contribution is -2.41. The van der Waals surface area contributed by atoms with Gasteiger partial charge in [0.25, 0.3) is 0 Å². The molecule has 1 rings (SSSR count). The summed E-state index contributed by atoms with van der Waals surface area (Å²) in [5, 5.41) is 11.3. The first-order valence-electron chi connectivity index (χ1n) is 7.96. The van der Waals surface area contributed by atoms with Gasteiger partial charge in [0.05, 0.1) is 5.92 Å². The van der Waals surface area contributed by atoms with Crippen LogP contribution in [-0.4, -0.2) is 33.9 Å². The monoisotopic (exact) mass is 351 g/mol. The predicted octanol–water partition coefficient (Wildman–Crippen LogP) is 2.84. The van der Waals surface area contributed by atoms with Crippen molar-refractivity contribution in [3.63, 3.8) is 0 Å². The van der Waals surface area contributed by atoms with Crippen molar-refractivity contribution in [2.45, 2.75) is 46.1 Å². The van der Waals surface area contributed by atoms with Gasteiger partial charge in [0.2, 0.25) is 5.91 Å². The van der Waals surface area contributed by atoms with Crippen molar-refractivity contribution in [2.24, 2.45) is 5.92 Å². The van der Waals surface area contributed by atoms with Gasteiger partial charge in [-0.1, -0.05) is 56.8 Å². The summed E-state index contributed by atoms with van der Waals surface area (Å²) in [5.41, 5.74) is 2.14. The van der Waals surface area contributed by atoms with Crippen LogP contribution >= 0.6 is 11.8 Å². The molecule has 1 aromatic carbocycles. The summed E-state index contributed by atoms with van der Waals surface area (Å²) in [6.45, 7) is 7.38. The van der Waals surface area contributed by atoms with E-state index in [1.165, 1.54) is 12.5 Å². The topological polar surface area (TPSA) is 83.5 Å². The van der Waals surface area contributed by atoms with Gasteiger partial charge in [-0.2, -0.15) is 0 Å². The minimum atomic E-state index is -1.14. The Morgan fingerprint density at radius 3 is 2.17 bits per heavy atom. The molecule has 0 fully saturated rings. The number of hydrogen-bond donors (Lipinski definition) is 2. The van der Waals surface area contributed by atoms with Gasteiger partial charge in [0, 0.05) is 12.7 Å². The molecule has 0 aliphatic heterocycles. The molecule has 2 atom stereocenters. The van der Waals surface area contributed by atoms with E-state index in [4.69, 9.17) is 5.11 Å². The first-order valence-corrected chi connectivity index (χ1v) is 8.94. The number of hydrogen-bond acceptors (Lipinski definition) is 4. The lowest BCUT2D eigenvalue weighted by molar-refractivity contribution is -0.140. The number of amides is 1. The Hall–Kier alpha value is -1.82. The highest BCUT2D eigenvalue weighted by atomic mass is 32.2. The van der Waals surface area contributed by atoms with E-state index in [1.807, 2.05) is 24.3 Å². The Bertz CT molecular complexity index is 583. The minimum absolute atomic E-state index is 0.0174. The molecule has 0 aromatic heterocycles. The quantitative estimate of drug-likeness (QED) is 0.752. The van der Waals surface area contributed by atoms with E-state index in [-0.39, 0.29) is 16.8 Å². The highest BCUT2D eigenvalue weighted by molar-refractivity contribution is 8.13. The van der Waals surface area contributed by atoms with E-state index in [0.717, 1.165) is 23.7 Å². The zero-order valence-corrected chi connectivity index (χ0v) is 15.4. The Labute approximate surface area is 147 Å². The second kappa shape index (κ2) is 9.47. The van der Waals surface area contributed by atoms with Gasteiger partial charge in [0.15, 0.2) is 5.12 Å². The molecule has 6 heteroatoms. The average Bonchev–Trinajstić information content (AvgIpc) is 2.50. The zero-order chi connectivity index (χ0) is 18.3. The average molecular weight is 351 g/mol. The van der Waals surface area contributed by atoms with Crippen molar-refractivity contribution < 1.29 is 19.5 Å². The number of carboxylic acid groups (broad SMARTS) is 1. The zero-order valence-electron chi connectivity index (χ0n) is 14.5. The molecule has 1 amide bonds. The fraction of sp³-hybridized carbons (Fsp3) is 0.500. The number of thioether (sulfide) groups is 1. The third kappa shape index (κ3) is 6.74. The molecule has 0 saturated heterocycles. The Morgan fingerprint density at radius 1 is 1.12 bits per heavy atom. The highest BCUT2D eigenvalue weighted by Gasteiger charge is 2.22. The van der Waals surface area contributed by atoms with E-state index in [2.05, 4.69) is 19.2 Å². The Balaban J connectivity index is 2.63. The second-order valence-corrected chi connectivity index (χ2v) is 7.31. The molecule has 0 bridgehead atoms. The van der Waals surface area contributed by atoms with Gasteiger partial charge < -0.3 is 10.4 Å². The number of aliphatic carboxylic acids is 1. The molecule has 2 N–H and O–H groups in total. The fourth-order valence-corrected chi connectivity index (χ4v) is 3.20. The molecular weight excluding hydrogens is 326 g/mol. The molecule has 0 heterocycles. The number of rotatable bonds is 8.